The van der Waals surface area contributed by atoms with Gasteiger partial charge in [0.05, 0.1) is 37.0 Å². The number of anilines is 2. The van der Waals surface area contributed by atoms with Crippen molar-refractivity contribution in [2.24, 2.45) is 0 Å². The van der Waals surface area contributed by atoms with Crippen LogP contribution < -0.4 is 18.7 Å². The second kappa shape index (κ2) is 12.5. The molecular formula is C32H34ClFN4O4S2. The maximum absolute atomic E-state index is 15.9. The predicted molar refractivity (Wildman–Crippen MR) is 172 cm³/mol. The summed E-state index contributed by atoms with van der Waals surface area (Å²) in [6.45, 7) is 1.60. The van der Waals surface area contributed by atoms with Gasteiger partial charge in [-0.05, 0) is 48.6 Å². The molecule has 0 N–H and O–H groups in total. The summed E-state index contributed by atoms with van der Waals surface area (Å²) in [6, 6.07) is 16.6. The Morgan fingerprint density at radius 1 is 1.11 bits per heavy atom. The molecule has 0 bridgehead atoms. The molecule has 1 aliphatic heterocycles. The minimum absolute atomic E-state index is 0.108. The maximum Gasteiger partial charge on any atom is 0.268 e. The number of hydrogen-bond acceptors (Lipinski definition) is 8. The number of thiazole rings is 1. The molecule has 1 aliphatic carbocycles. The molecule has 0 radical (unpaired) electrons. The van der Waals surface area contributed by atoms with Crippen molar-refractivity contribution in [3.05, 3.63) is 93.0 Å². The number of halogens is 2. The van der Waals surface area contributed by atoms with E-state index >= 15 is 4.39 Å². The molecule has 2 heterocycles. The average Bonchev–Trinajstić information content (AvgIpc) is 3.81. The number of fused-ring (bicyclic) bond motifs is 1. The van der Waals surface area contributed by atoms with Gasteiger partial charge in [-0.25, -0.2) is 22.1 Å². The molecule has 232 valence electrons. The van der Waals surface area contributed by atoms with E-state index in [-0.39, 0.29) is 23.4 Å². The van der Waals surface area contributed by atoms with Crippen LogP contribution in [0.15, 0.2) is 70.4 Å². The third kappa shape index (κ3) is 5.74. The first-order valence-corrected chi connectivity index (χ1v) is 17.1. The number of aryl methyl sites for hydroxylation is 1. The van der Waals surface area contributed by atoms with Gasteiger partial charge in [0.2, 0.25) is 0 Å². The summed E-state index contributed by atoms with van der Waals surface area (Å²) in [5.41, 5.74) is 5.35. The van der Waals surface area contributed by atoms with Gasteiger partial charge in [-0.1, -0.05) is 35.9 Å². The van der Waals surface area contributed by atoms with E-state index in [9.17, 15) is 8.42 Å². The molecule has 3 aromatic carbocycles. The van der Waals surface area contributed by atoms with Crippen LogP contribution in [-0.2, 0) is 23.0 Å². The fourth-order valence-electron chi connectivity index (χ4n) is 6.34. The van der Waals surface area contributed by atoms with E-state index in [0.29, 0.717) is 28.8 Å². The Balaban J connectivity index is 1.26. The zero-order chi connectivity index (χ0) is 31.0. The number of likely N-dealkylation sites (N-methyl/N-ethyl adjacent to an activating group) is 1. The van der Waals surface area contributed by atoms with Gasteiger partial charge in [-0.2, -0.15) is 0 Å². The summed E-state index contributed by atoms with van der Waals surface area (Å²) in [5.74, 6) is 0.286. The average molecular weight is 657 g/mol. The van der Waals surface area contributed by atoms with Crippen LogP contribution in [0.3, 0.4) is 0 Å². The summed E-state index contributed by atoms with van der Waals surface area (Å²) in [4.78, 5) is 8.18. The lowest BCUT2D eigenvalue weighted by atomic mass is 10.1. The molecule has 1 saturated heterocycles. The lowest BCUT2D eigenvalue weighted by Gasteiger charge is -2.30. The van der Waals surface area contributed by atoms with Crippen LogP contribution in [0.4, 0.5) is 15.9 Å². The van der Waals surface area contributed by atoms with Crippen LogP contribution in [0, 0.1) is 5.82 Å². The third-order valence-corrected chi connectivity index (χ3v) is 11.4. The standard InChI is InChI=1S/C32H34ClFN4O4S2/c1-36(23-12-13-37(18-23)28-11-9-21-6-4-5-7-25(21)28)29-16-27(34)31(15-26(29)33)44(39,40)38(32-19-43-20-35-32)17-22-8-10-24(41-2)14-30(22)42-3/h4-8,10,14-16,19-20,23,28H,9,11-13,17-18H2,1-3H3/t23-,28+/m0/s1. The highest BCUT2D eigenvalue weighted by Gasteiger charge is 2.36. The molecule has 2 aliphatic rings. The Labute approximate surface area is 266 Å². The quantitative estimate of drug-likeness (QED) is 0.192. The van der Waals surface area contributed by atoms with Gasteiger partial charge in [-0.3, -0.25) is 4.90 Å². The van der Waals surface area contributed by atoms with Crippen LogP contribution >= 0.6 is 22.9 Å². The fourth-order valence-corrected chi connectivity index (χ4v) is 8.77. The Morgan fingerprint density at radius 3 is 2.68 bits per heavy atom. The Hall–Kier alpha value is -3.38. The van der Waals surface area contributed by atoms with E-state index < -0.39 is 20.7 Å². The Morgan fingerprint density at radius 2 is 1.93 bits per heavy atom. The number of hydrogen-bond donors (Lipinski definition) is 0. The zero-order valence-corrected chi connectivity index (χ0v) is 27.1. The Bertz CT molecular complexity index is 1760. The predicted octanol–water partition coefficient (Wildman–Crippen LogP) is 6.55. The summed E-state index contributed by atoms with van der Waals surface area (Å²) < 4.78 is 55.9. The summed E-state index contributed by atoms with van der Waals surface area (Å²) in [6.07, 6.45) is 3.07. The smallest absolute Gasteiger partial charge is 0.268 e. The molecule has 0 saturated carbocycles. The first-order chi connectivity index (χ1) is 21.2. The molecule has 44 heavy (non-hydrogen) atoms. The normalized spacial score (nSPS) is 18.3. The second-order valence-corrected chi connectivity index (χ2v) is 14.0. The van der Waals surface area contributed by atoms with E-state index in [0.717, 1.165) is 36.7 Å². The fraction of sp³-hybridized carbons (Fsp3) is 0.344. The molecule has 0 unspecified atom stereocenters. The van der Waals surface area contributed by atoms with Gasteiger partial charge in [-0.15, -0.1) is 11.3 Å². The summed E-state index contributed by atoms with van der Waals surface area (Å²) in [7, 11) is 0.495. The van der Waals surface area contributed by atoms with Crippen molar-refractivity contribution < 1.29 is 22.3 Å². The SMILES string of the molecule is COc1ccc(CN(c2cscn2)S(=O)(=O)c2cc(Cl)c(N(C)[C@H]3CCN([C@@H]4CCc5ccccc54)C3)cc2F)c(OC)c1. The molecule has 12 heteroatoms. The highest BCUT2D eigenvalue weighted by atomic mass is 35.5. The van der Waals surface area contributed by atoms with Crippen LogP contribution in [0.25, 0.3) is 0 Å². The minimum Gasteiger partial charge on any atom is -0.497 e. The minimum atomic E-state index is -4.42. The van der Waals surface area contributed by atoms with Crippen LogP contribution in [-0.4, -0.2) is 58.7 Å². The van der Waals surface area contributed by atoms with E-state index in [1.807, 2.05) is 11.9 Å². The lowest BCUT2D eigenvalue weighted by Crippen LogP contribution is -2.36. The molecular weight excluding hydrogens is 623 g/mol. The van der Waals surface area contributed by atoms with Crippen molar-refractivity contribution in [2.75, 3.05) is 43.6 Å². The van der Waals surface area contributed by atoms with Gasteiger partial charge in [0.15, 0.2) is 5.82 Å². The number of rotatable bonds is 10. The number of methoxy groups -OCH3 is 2. The number of aromatic nitrogens is 1. The van der Waals surface area contributed by atoms with Gasteiger partial charge in [0.1, 0.15) is 22.2 Å². The van der Waals surface area contributed by atoms with Crippen molar-refractivity contribution in [1.82, 2.24) is 9.88 Å². The summed E-state index contributed by atoms with van der Waals surface area (Å²) in [5, 5.41) is 1.77. The highest BCUT2D eigenvalue weighted by molar-refractivity contribution is 7.92. The van der Waals surface area contributed by atoms with Crippen LogP contribution in [0.5, 0.6) is 11.5 Å². The van der Waals surface area contributed by atoms with Crippen molar-refractivity contribution >= 4 is 44.5 Å². The van der Waals surface area contributed by atoms with Crippen molar-refractivity contribution in [2.45, 2.75) is 42.8 Å². The molecule has 1 fully saturated rings. The van der Waals surface area contributed by atoms with Gasteiger partial charge < -0.3 is 14.4 Å². The topological polar surface area (TPSA) is 75.2 Å². The number of benzene rings is 3. The molecule has 1 aromatic heterocycles. The van der Waals surface area contributed by atoms with Crippen molar-refractivity contribution in [3.8, 4) is 11.5 Å². The lowest BCUT2D eigenvalue weighted by molar-refractivity contribution is 0.242. The molecule has 0 spiro atoms. The monoisotopic (exact) mass is 656 g/mol. The highest BCUT2D eigenvalue weighted by Crippen LogP contribution is 2.40. The number of sulfonamides is 1. The largest absolute Gasteiger partial charge is 0.497 e. The van der Waals surface area contributed by atoms with E-state index in [4.69, 9.17) is 21.1 Å². The third-order valence-electron chi connectivity index (χ3n) is 8.72. The Kier molecular flexibility index (Phi) is 8.74. The van der Waals surface area contributed by atoms with E-state index in [2.05, 4.69) is 34.1 Å². The molecule has 8 nitrogen and oxygen atoms in total. The van der Waals surface area contributed by atoms with Crippen LogP contribution in [0.1, 0.15) is 35.6 Å². The molecule has 2 atom stereocenters. The second-order valence-electron chi connectivity index (χ2n) is 11.1. The van der Waals surface area contributed by atoms with E-state index in [1.165, 1.54) is 54.3 Å². The van der Waals surface area contributed by atoms with Gasteiger partial charge >= 0.3 is 0 Å². The maximum atomic E-state index is 15.9. The molecule has 0 amide bonds. The molecule has 6 rings (SSSR count). The molecule has 4 aromatic rings. The van der Waals surface area contributed by atoms with Crippen molar-refractivity contribution in [3.63, 3.8) is 0 Å². The van der Waals surface area contributed by atoms with Crippen LogP contribution in [0.2, 0.25) is 5.02 Å². The summed E-state index contributed by atoms with van der Waals surface area (Å²) >= 11 is 7.97. The first kappa shape index (κ1) is 30.6. The first-order valence-electron chi connectivity index (χ1n) is 14.4. The zero-order valence-electron chi connectivity index (χ0n) is 24.7. The van der Waals surface area contributed by atoms with Gasteiger partial charge in [0, 0.05) is 55.3 Å². The van der Waals surface area contributed by atoms with Crippen molar-refractivity contribution in [1.29, 1.82) is 0 Å². The number of likely N-dealkylation sites (tertiary alicyclic amines) is 1. The number of ether oxygens (including phenoxy) is 2. The van der Waals surface area contributed by atoms with Gasteiger partial charge in [0.25, 0.3) is 10.0 Å². The number of nitrogens with zero attached hydrogens (tertiary/aromatic N) is 4. The van der Waals surface area contributed by atoms with E-state index in [1.54, 1.807) is 23.6 Å².